The number of rotatable bonds is 3. The molecular weight excluding hydrogens is 274 g/mol. The highest BCUT2D eigenvalue weighted by atomic mass is 32.1. The first-order chi connectivity index (χ1) is 10.3. The van der Waals surface area contributed by atoms with Crippen LogP contribution in [0, 0.1) is 0 Å². The molecule has 0 saturated carbocycles. The second-order valence-electron chi connectivity index (χ2n) is 5.78. The van der Waals surface area contributed by atoms with Gasteiger partial charge in [-0.2, -0.15) is 0 Å². The number of fused-ring (bicyclic) bond motifs is 2. The normalized spacial score (nSPS) is 15.3. The SMILES string of the molecule is CNC(c1ccc2ccccc2c1)c1cc2c(s1)CCC2. The Morgan fingerprint density at radius 2 is 1.86 bits per heavy atom. The minimum absolute atomic E-state index is 0.310. The van der Waals surface area contributed by atoms with Crippen LogP contribution in [0.1, 0.15) is 33.3 Å². The standard InChI is InChI=1S/C19H19NS/c1-20-19(18-12-15-7-4-8-17(15)21-18)16-10-9-13-5-2-3-6-14(13)11-16/h2-3,5-6,9-12,19-20H,4,7-8H2,1H3. The molecule has 1 N–H and O–H groups in total. The van der Waals surface area contributed by atoms with Gasteiger partial charge in [-0.3, -0.25) is 0 Å². The van der Waals surface area contributed by atoms with E-state index in [9.17, 15) is 0 Å². The summed E-state index contributed by atoms with van der Waals surface area (Å²) in [6.07, 6.45) is 3.87. The first-order valence-electron chi connectivity index (χ1n) is 7.62. The third kappa shape index (κ3) is 2.29. The number of aryl methyl sites for hydroxylation is 2. The molecule has 0 spiro atoms. The number of hydrogen-bond acceptors (Lipinski definition) is 2. The molecule has 2 heteroatoms. The van der Waals surface area contributed by atoms with E-state index in [1.165, 1.54) is 40.5 Å². The predicted octanol–water partition coefficient (Wildman–Crippen LogP) is 4.70. The van der Waals surface area contributed by atoms with Gasteiger partial charge < -0.3 is 5.32 Å². The van der Waals surface area contributed by atoms with Crippen molar-refractivity contribution in [2.75, 3.05) is 7.05 Å². The molecule has 1 atom stereocenters. The molecule has 0 saturated heterocycles. The van der Waals surface area contributed by atoms with Crippen molar-refractivity contribution in [1.29, 1.82) is 0 Å². The van der Waals surface area contributed by atoms with Crippen LogP contribution in [0.3, 0.4) is 0 Å². The molecule has 21 heavy (non-hydrogen) atoms. The molecule has 1 aliphatic carbocycles. The Morgan fingerprint density at radius 3 is 2.67 bits per heavy atom. The van der Waals surface area contributed by atoms with Crippen LogP contribution in [-0.2, 0) is 12.8 Å². The van der Waals surface area contributed by atoms with E-state index in [-0.39, 0.29) is 0 Å². The number of benzene rings is 2. The van der Waals surface area contributed by atoms with Crippen LogP contribution in [0.4, 0.5) is 0 Å². The summed E-state index contributed by atoms with van der Waals surface area (Å²) in [5.41, 5.74) is 2.94. The fourth-order valence-corrected chi connectivity index (χ4v) is 4.75. The summed E-state index contributed by atoms with van der Waals surface area (Å²) in [5.74, 6) is 0. The van der Waals surface area contributed by atoms with Crippen LogP contribution in [0.5, 0.6) is 0 Å². The van der Waals surface area contributed by atoms with Gasteiger partial charge in [0.2, 0.25) is 0 Å². The molecule has 0 fully saturated rings. The summed E-state index contributed by atoms with van der Waals surface area (Å²) in [6.45, 7) is 0. The van der Waals surface area contributed by atoms with Crippen molar-refractivity contribution in [1.82, 2.24) is 5.32 Å². The molecule has 0 bridgehead atoms. The Hall–Kier alpha value is -1.64. The van der Waals surface area contributed by atoms with Crippen LogP contribution in [0.2, 0.25) is 0 Å². The lowest BCUT2D eigenvalue weighted by Crippen LogP contribution is -2.16. The minimum Gasteiger partial charge on any atom is -0.309 e. The Kier molecular flexibility index (Phi) is 3.28. The van der Waals surface area contributed by atoms with Crippen LogP contribution in [0.25, 0.3) is 10.8 Å². The summed E-state index contributed by atoms with van der Waals surface area (Å²) >= 11 is 1.99. The monoisotopic (exact) mass is 293 g/mol. The topological polar surface area (TPSA) is 12.0 Å². The summed E-state index contributed by atoms with van der Waals surface area (Å²) in [5, 5.41) is 6.13. The van der Waals surface area contributed by atoms with Gasteiger partial charge in [0.25, 0.3) is 0 Å². The highest BCUT2D eigenvalue weighted by molar-refractivity contribution is 7.12. The van der Waals surface area contributed by atoms with E-state index in [4.69, 9.17) is 0 Å². The van der Waals surface area contributed by atoms with Gasteiger partial charge in [0.05, 0.1) is 6.04 Å². The van der Waals surface area contributed by atoms with Gasteiger partial charge in [0.1, 0.15) is 0 Å². The maximum absolute atomic E-state index is 3.50. The molecular formula is C19H19NS. The lowest BCUT2D eigenvalue weighted by molar-refractivity contribution is 0.704. The van der Waals surface area contributed by atoms with Crippen molar-refractivity contribution in [3.05, 3.63) is 69.4 Å². The highest BCUT2D eigenvalue weighted by Crippen LogP contribution is 2.36. The van der Waals surface area contributed by atoms with Crippen molar-refractivity contribution in [2.45, 2.75) is 25.3 Å². The van der Waals surface area contributed by atoms with E-state index in [1.54, 1.807) is 10.4 Å². The zero-order valence-corrected chi connectivity index (χ0v) is 13.0. The molecule has 1 heterocycles. The summed E-state index contributed by atoms with van der Waals surface area (Å²) in [4.78, 5) is 3.06. The zero-order chi connectivity index (χ0) is 14.2. The van der Waals surface area contributed by atoms with E-state index >= 15 is 0 Å². The van der Waals surface area contributed by atoms with Gasteiger partial charge >= 0.3 is 0 Å². The third-order valence-corrected chi connectivity index (χ3v) is 5.75. The molecule has 0 amide bonds. The summed E-state index contributed by atoms with van der Waals surface area (Å²) in [6, 6.07) is 18.1. The first kappa shape index (κ1) is 13.1. The summed E-state index contributed by atoms with van der Waals surface area (Å²) < 4.78 is 0. The average molecular weight is 293 g/mol. The molecule has 3 aromatic rings. The van der Waals surface area contributed by atoms with Crippen molar-refractivity contribution in [3.63, 3.8) is 0 Å². The maximum Gasteiger partial charge on any atom is 0.0669 e. The van der Waals surface area contributed by atoms with E-state index in [2.05, 4.69) is 60.9 Å². The largest absolute Gasteiger partial charge is 0.309 e. The number of nitrogens with one attached hydrogen (secondary N) is 1. The van der Waals surface area contributed by atoms with Crippen molar-refractivity contribution in [2.24, 2.45) is 0 Å². The van der Waals surface area contributed by atoms with E-state index in [0.717, 1.165) is 0 Å². The Balaban J connectivity index is 1.76. The number of thiophene rings is 1. The molecule has 1 nitrogen and oxygen atoms in total. The maximum atomic E-state index is 3.50. The van der Waals surface area contributed by atoms with Gasteiger partial charge in [-0.1, -0.05) is 36.4 Å². The van der Waals surface area contributed by atoms with Gasteiger partial charge in [-0.15, -0.1) is 11.3 Å². The average Bonchev–Trinajstić information content (AvgIpc) is 3.09. The molecule has 0 aliphatic heterocycles. The molecule has 4 rings (SSSR count). The van der Waals surface area contributed by atoms with Gasteiger partial charge in [-0.05, 0) is 60.3 Å². The van der Waals surface area contributed by atoms with E-state index in [0.29, 0.717) is 6.04 Å². The van der Waals surface area contributed by atoms with Crippen molar-refractivity contribution < 1.29 is 0 Å². The van der Waals surface area contributed by atoms with Crippen LogP contribution >= 0.6 is 11.3 Å². The lowest BCUT2D eigenvalue weighted by atomic mass is 10.0. The molecule has 1 unspecified atom stereocenters. The minimum atomic E-state index is 0.310. The van der Waals surface area contributed by atoms with Crippen molar-refractivity contribution in [3.8, 4) is 0 Å². The third-order valence-electron chi connectivity index (χ3n) is 4.45. The van der Waals surface area contributed by atoms with Crippen LogP contribution in [-0.4, -0.2) is 7.05 Å². The Labute approximate surface area is 129 Å². The van der Waals surface area contributed by atoms with Gasteiger partial charge in [0.15, 0.2) is 0 Å². The Morgan fingerprint density at radius 1 is 1.00 bits per heavy atom. The highest BCUT2D eigenvalue weighted by Gasteiger charge is 2.20. The smallest absolute Gasteiger partial charge is 0.0669 e. The number of hydrogen-bond donors (Lipinski definition) is 1. The molecule has 2 aromatic carbocycles. The van der Waals surface area contributed by atoms with E-state index < -0.39 is 0 Å². The fraction of sp³-hybridized carbons (Fsp3) is 0.263. The predicted molar refractivity (Wildman–Crippen MR) is 91.2 cm³/mol. The summed E-state index contributed by atoms with van der Waals surface area (Å²) in [7, 11) is 2.06. The molecule has 1 aromatic heterocycles. The lowest BCUT2D eigenvalue weighted by Gasteiger charge is -2.16. The van der Waals surface area contributed by atoms with Gasteiger partial charge in [-0.25, -0.2) is 0 Å². The molecule has 106 valence electrons. The second kappa shape index (κ2) is 5.28. The second-order valence-corrected chi connectivity index (χ2v) is 6.95. The zero-order valence-electron chi connectivity index (χ0n) is 12.2. The molecule has 1 aliphatic rings. The van der Waals surface area contributed by atoms with Gasteiger partial charge in [0, 0.05) is 9.75 Å². The van der Waals surface area contributed by atoms with Crippen LogP contribution in [0.15, 0.2) is 48.5 Å². The quantitative estimate of drug-likeness (QED) is 0.738. The fourth-order valence-electron chi connectivity index (χ4n) is 3.35. The first-order valence-corrected chi connectivity index (χ1v) is 8.44. The van der Waals surface area contributed by atoms with E-state index in [1.807, 2.05) is 11.3 Å². The Bertz CT molecular complexity index is 766. The van der Waals surface area contributed by atoms with Crippen LogP contribution < -0.4 is 5.32 Å². The van der Waals surface area contributed by atoms with Crippen molar-refractivity contribution >= 4 is 22.1 Å². The molecule has 0 radical (unpaired) electrons.